The maximum absolute atomic E-state index is 13.8. The Morgan fingerprint density at radius 3 is 2.53 bits per heavy atom. The Hall–Kier alpha value is -3.50. The van der Waals surface area contributed by atoms with Crippen LogP contribution in [0.4, 0.5) is 13.6 Å². The lowest BCUT2D eigenvalue weighted by Gasteiger charge is -2.20. The van der Waals surface area contributed by atoms with Crippen LogP contribution < -0.4 is 5.32 Å². The van der Waals surface area contributed by atoms with Crippen molar-refractivity contribution in [3.05, 3.63) is 76.4 Å². The number of fused-ring (bicyclic) bond motifs is 2. The van der Waals surface area contributed by atoms with Crippen molar-refractivity contribution in [2.24, 2.45) is 0 Å². The number of pyridine rings is 1. The molecular formula is C22H14F2N4O2S2. The summed E-state index contributed by atoms with van der Waals surface area (Å²) >= 11 is 2.94. The predicted octanol–water partition coefficient (Wildman–Crippen LogP) is 5.80. The molecule has 0 saturated heterocycles. The number of benzene rings is 2. The highest BCUT2D eigenvalue weighted by Gasteiger charge is 2.23. The molecule has 3 heterocycles. The van der Waals surface area contributed by atoms with Gasteiger partial charge in [0.2, 0.25) is 0 Å². The molecule has 10 heteroatoms. The molecule has 0 bridgehead atoms. The average Bonchev–Trinajstić information content (AvgIpc) is 3.39. The van der Waals surface area contributed by atoms with Crippen molar-refractivity contribution >= 4 is 49.3 Å². The summed E-state index contributed by atoms with van der Waals surface area (Å²) < 4.78 is 29.4. The summed E-state index contributed by atoms with van der Waals surface area (Å²) in [6.45, 7) is 0. The van der Waals surface area contributed by atoms with E-state index in [0.717, 1.165) is 26.5 Å². The third-order valence-electron chi connectivity index (χ3n) is 4.98. The lowest BCUT2D eigenvalue weighted by atomic mass is 9.95. The van der Waals surface area contributed by atoms with Gasteiger partial charge < -0.3 is 10.4 Å². The summed E-state index contributed by atoms with van der Waals surface area (Å²) in [5, 5.41) is 11.9. The van der Waals surface area contributed by atoms with Gasteiger partial charge in [-0.05, 0) is 47.9 Å². The Labute approximate surface area is 188 Å². The second kappa shape index (κ2) is 8.21. The van der Waals surface area contributed by atoms with E-state index in [1.54, 1.807) is 11.0 Å². The quantitative estimate of drug-likeness (QED) is 0.340. The molecule has 160 valence electrons. The number of carbonyl (C=O) groups is 1. The van der Waals surface area contributed by atoms with Crippen LogP contribution in [0.3, 0.4) is 0 Å². The number of aromatic nitrogens is 3. The first-order valence-corrected chi connectivity index (χ1v) is 11.2. The number of nitrogens with one attached hydrogen (secondary N) is 1. The molecule has 0 radical (unpaired) electrons. The van der Waals surface area contributed by atoms with E-state index in [-0.39, 0.29) is 6.42 Å². The van der Waals surface area contributed by atoms with E-state index in [2.05, 4.69) is 20.3 Å². The van der Waals surface area contributed by atoms with Crippen LogP contribution in [0.1, 0.15) is 17.3 Å². The van der Waals surface area contributed by atoms with Crippen LogP contribution >= 0.6 is 22.7 Å². The minimum Gasteiger partial charge on any atom is -0.465 e. The maximum atomic E-state index is 13.8. The molecule has 0 aliphatic carbocycles. The number of halogens is 2. The van der Waals surface area contributed by atoms with Gasteiger partial charge in [0, 0.05) is 11.6 Å². The highest BCUT2D eigenvalue weighted by Crippen LogP contribution is 2.34. The summed E-state index contributed by atoms with van der Waals surface area (Å²) in [4.78, 5) is 24.9. The average molecular weight is 469 g/mol. The Kier molecular flexibility index (Phi) is 5.24. The number of hydrogen-bond acceptors (Lipinski definition) is 6. The molecule has 5 aromatic rings. The van der Waals surface area contributed by atoms with Crippen molar-refractivity contribution in [2.75, 3.05) is 0 Å². The van der Waals surface area contributed by atoms with Gasteiger partial charge in [-0.1, -0.05) is 6.07 Å². The fourth-order valence-corrected chi connectivity index (χ4v) is 4.98. The topological polar surface area (TPSA) is 88.0 Å². The van der Waals surface area contributed by atoms with E-state index in [1.165, 1.54) is 34.8 Å². The second-order valence-electron chi connectivity index (χ2n) is 7.11. The summed E-state index contributed by atoms with van der Waals surface area (Å²) in [6, 6.07) is 9.98. The molecule has 2 aromatic carbocycles. The van der Waals surface area contributed by atoms with Gasteiger partial charge in [-0.3, -0.25) is 0 Å². The number of nitrogens with zero attached hydrogens (tertiary/aromatic N) is 3. The molecule has 1 atom stereocenters. The molecule has 6 nitrogen and oxygen atoms in total. The number of hydrogen-bond donors (Lipinski definition) is 2. The first-order valence-electron chi connectivity index (χ1n) is 9.48. The first-order chi connectivity index (χ1) is 15.5. The van der Waals surface area contributed by atoms with Crippen LogP contribution in [-0.4, -0.2) is 26.2 Å². The minimum absolute atomic E-state index is 0.00949. The van der Waals surface area contributed by atoms with Gasteiger partial charge in [0.1, 0.15) is 11.6 Å². The number of thiazole rings is 2. The highest BCUT2D eigenvalue weighted by molar-refractivity contribution is 7.17. The molecule has 0 aliphatic rings. The van der Waals surface area contributed by atoms with Gasteiger partial charge in [-0.15, -0.1) is 22.7 Å². The monoisotopic (exact) mass is 468 g/mol. The van der Waals surface area contributed by atoms with E-state index in [0.29, 0.717) is 22.5 Å². The first kappa shape index (κ1) is 20.4. The van der Waals surface area contributed by atoms with Gasteiger partial charge in [0.15, 0.2) is 5.65 Å². The molecular weight excluding hydrogens is 454 g/mol. The van der Waals surface area contributed by atoms with Crippen molar-refractivity contribution in [3.8, 4) is 11.1 Å². The standard InChI is InChI=1S/C22H14F2N4O2S2/c23-13-3-11(4-14(24)7-13)5-17(27-22(29)30)20-15(8-19-21(28-20)26-10-32-19)12-1-2-18-16(6-12)25-9-31-18/h1-4,6-10,17,27H,5H2,(H,29,30). The fourth-order valence-electron chi connectivity index (χ4n) is 3.66. The van der Waals surface area contributed by atoms with E-state index in [4.69, 9.17) is 0 Å². The summed E-state index contributed by atoms with van der Waals surface area (Å²) in [7, 11) is 0. The largest absolute Gasteiger partial charge is 0.465 e. The normalized spacial score (nSPS) is 12.3. The maximum Gasteiger partial charge on any atom is 0.405 e. The van der Waals surface area contributed by atoms with E-state index in [1.807, 2.05) is 24.3 Å². The molecule has 5 rings (SSSR count). The zero-order valence-corrected chi connectivity index (χ0v) is 17.9. The zero-order chi connectivity index (χ0) is 22.2. The molecule has 2 N–H and O–H groups in total. The molecule has 0 aliphatic heterocycles. The smallest absolute Gasteiger partial charge is 0.405 e. The molecule has 32 heavy (non-hydrogen) atoms. The Balaban J connectivity index is 1.67. The SMILES string of the molecule is O=C(O)NC(Cc1cc(F)cc(F)c1)c1nc2ncsc2cc1-c1ccc2scnc2c1. The second-order valence-corrected chi connectivity index (χ2v) is 8.89. The lowest BCUT2D eigenvalue weighted by molar-refractivity contribution is 0.189. The molecule has 1 amide bonds. The molecule has 0 fully saturated rings. The Morgan fingerprint density at radius 2 is 1.75 bits per heavy atom. The molecule has 0 saturated carbocycles. The van der Waals surface area contributed by atoms with Gasteiger partial charge in [-0.25, -0.2) is 28.5 Å². The molecule has 1 unspecified atom stereocenters. The third-order valence-corrected chi connectivity index (χ3v) is 6.56. The van der Waals surface area contributed by atoms with Crippen molar-refractivity contribution in [1.82, 2.24) is 20.3 Å². The van der Waals surface area contributed by atoms with Crippen molar-refractivity contribution < 1.29 is 18.7 Å². The summed E-state index contributed by atoms with van der Waals surface area (Å²) in [6.07, 6.45) is -1.26. The van der Waals surface area contributed by atoms with Crippen LogP contribution in [-0.2, 0) is 6.42 Å². The van der Waals surface area contributed by atoms with Gasteiger partial charge in [-0.2, -0.15) is 0 Å². The van der Waals surface area contributed by atoms with E-state index >= 15 is 0 Å². The van der Waals surface area contributed by atoms with Gasteiger partial charge >= 0.3 is 6.09 Å². The van der Waals surface area contributed by atoms with Gasteiger partial charge in [0.05, 0.1) is 37.7 Å². The lowest BCUT2D eigenvalue weighted by Crippen LogP contribution is -2.29. The number of carboxylic acid groups (broad SMARTS) is 1. The van der Waals surface area contributed by atoms with E-state index < -0.39 is 23.8 Å². The van der Waals surface area contributed by atoms with Crippen molar-refractivity contribution in [3.63, 3.8) is 0 Å². The van der Waals surface area contributed by atoms with Crippen LogP contribution in [0.15, 0.2) is 53.5 Å². The van der Waals surface area contributed by atoms with Crippen LogP contribution in [0.2, 0.25) is 0 Å². The van der Waals surface area contributed by atoms with Crippen molar-refractivity contribution in [2.45, 2.75) is 12.5 Å². The highest BCUT2D eigenvalue weighted by atomic mass is 32.1. The molecule has 0 spiro atoms. The van der Waals surface area contributed by atoms with Crippen molar-refractivity contribution in [1.29, 1.82) is 0 Å². The Bertz CT molecular complexity index is 1450. The zero-order valence-electron chi connectivity index (χ0n) is 16.3. The number of amides is 1. The Morgan fingerprint density at radius 1 is 1.00 bits per heavy atom. The fraction of sp³-hybridized carbons (Fsp3) is 0.0909. The van der Waals surface area contributed by atoms with Crippen LogP contribution in [0.25, 0.3) is 31.7 Å². The van der Waals surface area contributed by atoms with E-state index in [9.17, 15) is 18.7 Å². The predicted molar refractivity (Wildman–Crippen MR) is 120 cm³/mol. The summed E-state index contributed by atoms with van der Waals surface area (Å²) in [5.41, 5.74) is 6.95. The molecule has 3 aromatic heterocycles. The summed E-state index contributed by atoms with van der Waals surface area (Å²) in [5.74, 6) is -1.46. The third kappa shape index (κ3) is 4.02. The van der Waals surface area contributed by atoms with Crippen LogP contribution in [0.5, 0.6) is 0 Å². The van der Waals surface area contributed by atoms with Gasteiger partial charge in [0.25, 0.3) is 0 Å². The number of rotatable bonds is 5. The van der Waals surface area contributed by atoms with Crippen LogP contribution in [0, 0.1) is 11.6 Å². The minimum atomic E-state index is -1.27.